The van der Waals surface area contributed by atoms with Crippen LogP contribution in [0.15, 0.2) is 24.5 Å². The van der Waals surface area contributed by atoms with Crippen molar-refractivity contribution in [1.82, 2.24) is 10.5 Å². The molecule has 0 saturated carbocycles. The maximum atomic E-state index is 5.11. The summed E-state index contributed by atoms with van der Waals surface area (Å²) >= 11 is 0. The molecule has 0 amide bonds. The number of pyridine rings is 1. The lowest BCUT2D eigenvalue weighted by Gasteiger charge is -2.04. The van der Waals surface area contributed by atoms with E-state index in [0.717, 1.165) is 13.0 Å². The van der Waals surface area contributed by atoms with E-state index in [9.17, 15) is 0 Å². The third-order valence-electron chi connectivity index (χ3n) is 1.76. The van der Waals surface area contributed by atoms with Gasteiger partial charge in [0.2, 0.25) is 0 Å². The predicted molar refractivity (Wildman–Crippen MR) is 53.8 cm³/mol. The Bertz CT molecular complexity index is 229. The van der Waals surface area contributed by atoms with E-state index in [1.54, 1.807) is 19.5 Å². The minimum atomic E-state index is 0.576. The molecule has 1 rings (SSSR count). The second-order valence-electron chi connectivity index (χ2n) is 2.84. The molecule has 4 nitrogen and oxygen atoms in total. The second kappa shape index (κ2) is 7.44. The van der Waals surface area contributed by atoms with Crippen LogP contribution in [-0.4, -0.2) is 31.9 Å². The third-order valence-corrected chi connectivity index (χ3v) is 1.76. The smallest absolute Gasteiger partial charge is 0.0915 e. The Morgan fingerprint density at radius 2 is 2.07 bits per heavy atom. The van der Waals surface area contributed by atoms with E-state index in [0.29, 0.717) is 13.2 Å². The number of nitrogens with zero attached hydrogens (tertiary/aromatic N) is 1. The van der Waals surface area contributed by atoms with E-state index < -0.39 is 0 Å². The van der Waals surface area contributed by atoms with Crippen LogP contribution in [0, 0.1) is 0 Å². The molecule has 0 bridgehead atoms. The topological polar surface area (TPSA) is 43.4 Å². The lowest BCUT2D eigenvalue weighted by Crippen LogP contribution is -2.20. The number of nitrogens with one attached hydrogen (secondary N) is 1. The van der Waals surface area contributed by atoms with Crippen molar-refractivity contribution in [2.24, 2.45) is 0 Å². The summed E-state index contributed by atoms with van der Waals surface area (Å²) in [5.41, 5.74) is 4.12. The van der Waals surface area contributed by atoms with Crippen molar-refractivity contribution in [2.45, 2.75) is 6.42 Å². The van der Waals surface area contributed by atoms with Crippen molar-refractivity contribution in [2.75, 3.05) is 26.9 Å². The van der Waals surface area contributed by atoms with Gasteiger partial charge in [-0.1, -0.05) is 0 Å². The maximum Gasteiger partial charge on any atom is 0.0915 e. The van der Waals surface area contributed by atoms with E-state index in [4.69, 9.17) is 9.57 Å². The van der Waals surface area contributed by atoms with Gasteiger partial charge in [0.05, 0.1) is 13.2 Å². The van der Waals surface area contributed by atoms with Crippen molar-refractivity contribution >= 4 is 0 Å². The quantitative estimate of drug-likeness (QED) is 0.517. The van der Waals surface area contributed by atoms with E-state index in [1.807, 2.05) is 12.1 Å². The molecule has 1 N–H and O–H groups in total. The molecule has 0 aromatic carbocycles. The summed E-state index contributed by atoms with van der Waals surface area (Å²) in [7, 11) is 1.65. The van der Waals surface area contributed by atoms with Crippen LogP contribution in [0.5, 0.6) is 0 Å². The fourth-order valence-corrected chi connectivity index (χ4v) is 1.01. The molecular formula is C10H16N2O2. The molecule has 0 aliphatic heterocycles. The van der Waals surface area contributed by atoms with Crippen LogP contribution in [0.25, 0.3) is 0 Å². The first-order chi connectivity index (χ1) is 6.93. The highest BCUT2D eigenvalue weighted by molar-refractivity contribution is 5.09. The molecule has 0 fully saturated rings. The summed E-state index contributed by atoms with van der Waals surface area (Å²) in [6.07, 6.45) is 4.53. The zero-order chi connectivity index (χ0) is 10.1. The summed E-state index contributed by atoms with van der Waals surface area (Å²) < 4.78 is 4.83. The Hall–Kier alpha value is -0.970. The average Bonchev–Trinajstić information content (AvgIpc) is 2.25. The van der Waals surface area contributed by atoms with Crippen LogP contribution >= 0.6 is 0 Å². The molecule has 1 aromatic heterocycles. The normalized spacial score (nSPS) is 10.4. The Morgan fingerprint density at radius 1 is 1.29 bits per heavy atom. The average molecular weight is 196 g/mol. The van der Waals surface area contributed by atoms with Gasteiger partial charge in [-0.05, 0) is 24.1 Å². The van der Waals surface area contributed by atoms with Gasteiger partial charge in [-0.3, -0.25) is 9.82 Å². The Labute approximate surface area is 84.2 Å². The minimum absolute atomic E-state index is 0.576. The van der Waals surface area contributed by atoms with Crippen molar-refractivity contribution in [3.8, 4) is 0 Å². The van der Waals surface area contributed by atoms with Crippen molar-refractivity contribution in [3.05, 3.63) is 30.1 Å². The summed E-state index contributed by atoms with van der Waals surface area (Å²) in [6.45, 7) is 1.99. The number of hydrogen-bond acceptors (Lipinski definition) is 4. The molecule has 1 aromatic rings. The lowest BCUT2D eigenvalue weighted by atomic mass is 10.2. The first-order valence-electron chi connectivity index (χ1n) is 4.66. The number of ether oxygens (including phenoxy) is 1. The highest BCUT2D eigenvalue weighted by Crippen LogP contribution is 1.95. The Morgan fingerprint density at radius 3 is 2.79 bits per heavy atom. The Kier molecular flexibility index (Phi) is 5.90. The van der Waals surface area contributed by atoms with E-state index in [2.05, 4.69) is 10.5 Å². The number of hydroxylamine groups is 1. The van der Waals surface area contributed by atoms with Gasteiger partial charge in [0.1, 0.15) is 0 Å². The van der Waals surface area contributed by atoms with Crippen molar-refractivity contribution < 1.29 is 9.57 Å². The summed E-state index contributed by atoms with van der Waals surface area (Å²) in [6, 6.07) is 3.99. The van der Waals surface area contributed by atoms with Gasteiger partial charge in [0.25, 0.3) is 0 Å². The molecule has 0 unspecified atom stereocenters. The van der Waals surface area contributed by atoms with Crippen LogP contribution in [0.3, 0.4) is 0 Å². The third kappa shape index (κ3) is 4.91. The number of aromatic nitrogens is 1. The van der Waals surface area contributed by atoms with E-state index in [-0.39, 0.29) is 0 Å². The lowest BCUT2D eigenvalue weighted by molar-refractivity contribution is 0.00759. The van der Waals surface area contributed by atoms with E-state index >= 15 is 0 Å². The Balaban J connectivity index is 1.99. The molecule has 0 aliphatic carbocycles. The van der Waals surface area contributed by atoms with Gasteiger partial charge in [-0.15, -0.1) is 0 Å². The van der Waals surface area contributed by atoms with Crippen LogP contribution in [0.2, 0.25) is 0 Å². The van der Waals surface area contributed by atoms with Gasteiger partial charge >= 0.3 is 0 Å². The molecular weight excluding hydrogens is 180 g/mol. The SMILES string of the molecule is COCCONCCc1ccncc1. The number of methoxy groups -OCH3 is 1. The molecule has 1 heterocycles. The highest BCUT2D eigenvalue weighted by Gasteiger charge is 1.91. The van der Waals surface area contributed by atoms with Gasteiger partial charge in [-0.25, -0.2) is 5.48 Å². The monoisotopic (exact) mass is 196 g/mol. The number of rotatable bonds is 7. The maximum absolute atomic E-state index is 5.11. The van der Waals surface area contributed by atoms with Gasteiger partial charge < -0.3 is 4.74 Å². The summed E-state index contributed by atoms with van der Waals surface area (Å²) in [5.74, 6) is 0. The van der Waals surface area contributed by atoms with Gasteiger partial charge in [-0.2, -0.15) is 0 Å². The number of hydrogen-bond donors (Lipinski definition) is 1. The minimum Gasteiger partial charge on any atom is -0.382 e. The first-order valence-corrected chi connectivity index (χ1v) is 4.66. The molecule has 0 saturated heterocycles. The van der Waals surface area contributed by atoms with Gasteiger partial charge in [0.15, 0.2) is 0 Å². The predicted octanol–water partition coefficient (Wildman–Crippen LogP) is 0.792. The van der Waals surface area contributed by atoms with Crippen LogP contribution in [-0.2, 0) is 16.0 Å². The first kappa shape index (κ1) is 11.1. The zero-order valence-corrected chi connectivity index (χ0v) is 8.40. The largest absolute Gasteiger partial charge is 0.382 e. The van der Waals surface area contributed by atoms with E-state index in [1.165, 1.54) is 5.56 Å². The molecule has 0 spiro atoms. The van der Waals surface area contributed by atoms with Crippen molar-refractivity contribution in [1.29, 1.82) is 0 Å². The summed E-state index contributed by atoms with van der Waals surface area (Å²) in [5, 5.41) is 0. The fraction of sp³-hybridized carbons (Fsp3) is 0.500. The molecule has 4 heteroatoms. The molecule has 0 aliphatic rings. The second-order valence-corrected chi connectivity index (χ2v) is 2.84. The highest BCUT2D eigenvalue weighted by atomic mass is 16.7. The molecule has 78 valence electrons. The van der Waals surface area contributed by atoms with Crippen LogP contribution < -0.4 is 5.48 Å². The standard InChI is InChI=1S/C10H16N2O2/c1-13-8-9-14-12-7-4-10-2-5-11-6-3-10/h2-3,5-6,12H,4,7-9H2,1H3. The van der Waals surface area contributed by atoms with Crippen LogP contribution in [0.4, 0.5) is 0 Å². The zero-order valence-electron chi connectivity index (χ0n) is 8.40. The van der Waals surface area contributed by atoms with Crippen LogP contribution in [0.1, 0.15) is 5.56 Å². The molecule has 0 atom stereocenters. The molecule has 0 radical (unpaired) electrons. The van der Waals surface area contributed by atoms with Crippen molar-refractivity contribution in [3.63, 3.8) is 0 Å². The van der Waals surface area contributed by atoms with Gasteiger partial charge in [0, 0.05) is 26.0 Å². The summed E-state index contributed by atoms with van der Waals surface area (Å²) in [4.78, 5) is 9.05. The fourth-order valence-electron chi connectivity index (χ4n) is 1.01. The molecule has 14 heavy (non-hydrogen) atoms.